The molecule has 0 atom stereocenters. The van der Waals surface area contributed by atoms with Gasteiger partial charge >= 0.3 is 66.0 Å². The van der Waals surface area contributed by atoms with Crippen molar-refractivity contribution >= 4 is 15.6 Å². The van der Waals surface area contributed by atoms with Gasteiger partial charge in [-0.2, -0.15) is 0 Å². The topological polar surface area (TPSA) is 107 Å². The fourth-order valence-electron chi connectivity index (χ4n) is 4.59. The van der Waals surface area contributed by atoms with Crippen LogP contribution in [0.3, 0.4) is 0 Å². The van der Waals surface area contributed by atoms with Gasteiger partial charge in [0.1, 0.15) is 14.1 Å². The quantitative estimate of drug-likeness (QED) is 0.104. The Bertz CT molecular complexity index is 1710. The number of nitrogens with zero attached hydrogens (tertiary/aromatic N) is 4. The van der Waals surface area contributed by atoms with Gasteiger partial charge in [0, 0.05) is 24.3 Å². The van der Waals surface area contributed by atoms with Crippen LogP contribution in [0, 0.1) is 0 Å². The normalized spacial score (nSPS) is 18.4. The maximum Gasteiger partial charge on any atom is 0.0889 e. The summed E-state index contributed by atoms with van der Waals surface area (Å²) in [7, 11) is -17.3. The van der Waals surface area contributed by atoms with E-state index in [-0.39, 0.29) is 0 Å². The summed E-state index contributed by atoms with van der Waals surface area (Å²) in [6.07, 6.45) is 8.23. The first-order chi connectivity index (χ1) is 29.6. The van der Waals surface area contributed by atoms with E-state index in [1.807, 2.05) is 59.6 Å². The van der Waals surface area contributed by atoms with Crippen molar-refractivity contribution in [2.75, 3.05) is 79.3 Å². The van der Waals surface area contributed by atoms with E-state index < -0.39 is 15.6 Å². The first kappa shape index (κ1) is 56.4. The van der Waals surface area contributed by atoms with Gasteiger partial charge in [-0.25, -0.2) is 9.13 Å². The molecule has 0 N–H and O–H groups in total. The minimum atomic E-state index is -10.7. The van der Waals surface area contributed by atoms with Crippen LogP contribution in [-0.4, -0.2) is 89.3 Å². The van der Waals surface area contributed by atoms with Gasteiger partial charge in [-0.1, -0.05) is 12.1 Å². The number of rotatable bonds is 1. The van der Waals surface area contributed by atoms with Crippen molar-refractivity contribution in [3.63, 3.8) is 0 Å². The molecule has 4 aromatic rings. The standard InChI is InChI=1S/C26H38N2O8.C12H14N2.2F6P/c1-3-23-19-33-15-11-29-7-9-31-13-17-35-21-25-5-2-6-26(28-25)22-36-18-14-32-10-8-30-12-16-34-20-24(4-1)27-23;1-13-7-3-11(4-8-13)12-5-9-14(2)10-6-12;2*1-7(2,3,4,5)6/h1-6H,7-22H2;3-10H,1-2H3;;/q;+2;2*-1. The van der Waals surface area contributed by atoms with E-state index in [0.29, 0.717) is 106 Å². The summed E-state index contributed by atoms with van der Waals surface area (Å²) in [5.74, 6) is 0. The van der Waals surface area contributed by atoms with Crippen molar-refractivity contribution in [1.29, 1.82) is 0 Å². The van der Waals surface area contributed by atoms with Crippen LogP contribution < -0.4 is 9.13 Å². The molecule has 0 amide bonds. The predicted octanol–water partition coefficient (Wildman–Crippen LogP) is 10.1. The molecule has 5 heterocycles. The largest absolute Gasteiger partial charge is 0.377 e. The molecule has 12 nitrogen and oxygen atoms in total. The van der Waals surface area contributed by atoms with E-state index in [0.717, 1.165) is 22.8 Å². The van der Waals surface area contributed by atoms with Gasteiger partial charge in [0.15, 0.2) is 24.8 Å². The Labute approximate surface area is 361 Å². The molecule has 0 spiro atoms. The van der Waals surface area contributed by atoms with Gasteiger partial charge in [-0.3, -0.25) is 9.97 Å². The predicted molar refractivity (Wildman–Crippen MR) is 212 cm³/mol. The molecule has 0 unspecified atom stereocenters. The third kappa shape index (κ3) is 38.7. The van der Waals surface area contributed by atoms with Crippen molar-refractivity contribution in [1.82, 2.24) is 9.97 Å². The SMILES string of the molecule is C[n+]1ccc(-c2cc[n+](C)cc2)cc1.F[P-](F)(F)(F)(F)F.F[P-](F)(F)(F)(F)F.c1cc2nc(c1)COCCOCCOCCOCc1cccc(n1)COCCOCCOCCOC2. The van der Waals surface area contributed by atoms with Crippen molar-refractivity contribution in [2.45, 2.75) is 26.4 Å². The Morgan fingerprint density at radius 3 is 0.734 bits per heavy atom. The number of fused-ring (bicyclic) bond motifs is 4. The fourth-order valence-corrected chi connectivity index (χ4v) is 4.59. The molecular weight excluding hydrogens is 930 g/mol. The second-order valence-corrected chi connectivity index (χ2v) is 17.2. The summed E-state index contributed by atoms with van der Waals surface area (Å²) in [4.78, 5) is 9.11. The second kappa shape index (κ2) is 24.7. The first-order valence-corrected chi connectivity index (χ1v) is 23.2. The summed E-state index contributed by atoms with van der Waals surface area (Å²) in [6.45, 7) is 7.69. The number of hydrogen-bond donors (Lipinski definition) is 0. The molecule has 0 aromatic carbocycles. The number of aryl methyl sites for hydroxylation is 2. The Hall–Kier alpha value is -3.70. The molecule has 64 heavy (non-hydrogen) atoms. The Kier molecular flexibility index (Phi) is 21.8. The summed E-state index contributed by atoms with van der Waals surface area (Å²) in [5.41, 5.74) is 5.95. The van der Waals surface area contributed by atoms with Crippen molar-refractivity contribution in [3.05, 3.63) is 108 Å². The van der Waals surface area contributed by atoms with Crippen LogP contribution in [0.25, 0.3) is 11.1 Å². The zero-order chi connectivity index (χ0) is 47.7. The van der Waals surface area contributed by atoms with Crippen LogP contribution in [0.1, 0.15) is 22.8 Å². The smallest absolute Gasteiger partial charge is 0.0889 e. The van der Waals surface area contributed by atoms with Crippen LogP contribution in [0.15, 0.2) is 85.5 Å². The van der Waals surface area contributed by atoms with Gasteiger partial charge in [0.25, 0.3) is 0 Å². The number of ether oxygens (including phenoxy) is 8. The first-order valence-electron chi connectivity index (χ1n) is 19.1. The van der Waals surface area contributed by atoms with Crippen LogP contribution in [0.2, 0.25) is 0 Å². The minimum absolute atomic E-state index is 0.428. The summed E-state index contributed by atoms with van der Waals surface area (Å²) >= 11 is 0. The van der Waals surface area contributed by atoms with E-state index in [1.165, 1.54) is 11.1 Å². The van der Waals surface area contributed by atoms with E-state index >= 15 is 0 Å². The maximum absolute atomic E-state index is 10.7. The summed E-state index contributed by atoms with van der Waals surface area (Å²) in [5, 5.41) is 0. The molecule has 1 aliphatic heterocycles. The van der Waals surface area contributed by atoms with Crippen molar-refractivity contribution in [3.8, 4) is 11.1 Å². The molecule has 0 fully saturated rings. The van der Waals surface area contributed by atoms with E-state index in [4.69, 9.17) is 37.9 Å². The molecule has 4 aromatic heterocycles. The molecule has 4 bridgehead atoms. The van der Waals surface area contributed by atoms with Gasteiger partial charge in [0.05, 0.1) is 128 Å². The Morgan fingerprint density at radius 2 is 0.531 bits per heavy atom. The fraction of sp³-hybridized carbons (Fsp3) is 0.474. The average Bonchev–Trinajstić information content (AvgIpc) is 3.17. The monoisotopic (exact) mass is 982 g/mol. The van der Waals surface area contributed by atoms with Gasteiger partial charge < -0.3 is 37.9 Å². The van der Waals surface area contributed by atoms with Crippen molar-refractivity contribution < 1.29 is 97.4 Å². The van der Waals surface area contributed by atoms with E-state index in [1.54, 1.807) is 0 Å². The number of aromatic nitrogens is 4. The molecule has 5 rings (SSSR count). The van der Waals surface area contributed by atoms with E-state index in [9.17, 15) is 50.4 Å². The summed E-state index contributed by atoms with van der Waals surface area (Å²) in [6, 6.07) is 20.1. The molecule has 0 saturated carbocycles. The second-order valence-electron chi connectivity index (χ2n) is 13.3. The number of halogens is 12. The van der Waals surface area contributed by atoms with Crippen LogP contribution in [0.4, 0.5) is 50.4 Å². The number of pyridine rings is 4. The Morgan fingerprint density at radius 1 is 0.344 bits per heavy atom. The maximum atomic E-state index is 9.87. The number of hydrogen-bond acceptors (Lipinski definition) is 10. The molecule has 1 aliphatic rings. The molecule has 26 heteroatoms. The molecule has 0 saturated heterocycles. The van der Waals surface area contributed by atoms with Crippen LogP contribution in [0.5, 0.6) is 0 Å². The third-order valence-corrected chi connectivity index (χ3v) is 7.25. The Balaban J connectivity index is 0.000000405. The zero-order valence-corrected chi connectivity index (χ0v) is 36.7. The van der Waals surface area contributed by atoms with Gasteiger partial charge in [-0.05, 0) is 35.4 Å². The zero-order valence-electron chi connectivity index (χ0n) is 34.9. The van der Waals surface area contributed by atoms with Crippen LogP contribution in [-0.2, 0) is 78.4 Å². The van der Waals surface area contributed by atoms with Gasteiger partial charge in [0.2, 0.25) is 0 Å². The molecular formula is C38H52F12N4O8P2. The van der Waals surface area contributed by atoms with Crippen LogP contribution >= 0.6 is 15.6 Å². The van der Waals surface area contributed by atoms with Crippen molar-refractivity contribution in [2.24, 2.45) is 14.1 Å². The molecule has 366 valence electrons. The average molecular weight is 983 g/mol. The molecule has 0 aliphatic carbocycles. The summed E-state index contributed by atoms with van der Waals surface area (Å²) < 4.78 is 167. The van der Waals surface area contributed by atoms with E-state index in [2.05, 4.69) is 59.0 Å². The van der Waals surface area contributed by atoms with Gasteiger partial charge in [-0.15, -0.1) is 0 Å². The third-order valence-electron chi connectivity index (χ3n) is 7.25. The molecule has 0 radical (unpaired) electrons. The minimum Gasteiger partial charge on any atom is -0.377 e.